The van der Waals surface area contributed by atoms with Crippen LogP contribution in [0.2, 0.25) is 0 Å². The second kappa shape index (κ2) is 5.52. The fourth-order valence-electron chi connectivity index (χ4n) is 1.84. The molecule has 100 valence electrons. The lowest BCUT2D eigenvalue weighted by molar-refractivity contribution is 0.248. The fraction of sp³-hybridized carbons (Fsp3) is 0.692. The minimum atomic E-state index is -0.0100. The van der Waals surface area contributed by atoms with Gasteiger partial charge in [0, 0.05) is 19.0 Å². The largest absolute Gasteiger partial charge is 0.394 e. The zero-order valence-electron chi connectivity index (χ0n) is 11.3. The number of rotatable bonds is 6. The van der Waals surface area contributed by atoms with E-state index in [1.54, 1.807) is 0 Å². The van der Waals surface area contributed by atoms with Gasteiger partial charge in [-0.05, 0) is 18.8 Å². The van der Waals surface area contributed by atoms with Gasteiger partial charge in [0.2, 0.25) is 5.95 Å². The van der Waals surface area contributed by atoms with E-state index in [-0.39, 0.29) is 12.6 Å². The molecule has 2 rings (SSSR count). The number of hydrogen-bond donors (Lipinski definition) is 3. The van der Waals surface area contributed by atoms with Gasteiger partial charge in [-0.1, -0.05) is 13.8 Å². The summed E-state index contributed by atoms with van der Waals surface area (Å²) in [4.78, 5) is 8.93. The molecule has 0 amide bonds. The van der Waals surface area contributed by atoms with Crippen LogP contribution in [0.4, 0.5) is 11.8 Å². The first-order valence-corrected chi connectivity index (χ1v) is 6.58. The molecular weight excluding hydrogens is 228 g/mol. The van der Waals surface area contributed by atoms with Gasteiger partial charge in [-0.2, -0.15) is 4.98 Å². The third kappa shape index (κ3) is 3.10. The summed E-state index contributed by atoms with van der Waals surface area (Å²) in [7, 11) is 1.86. The maximum atomic E-state index is 9.34. The lowest BCUT2D eigenvalue weighted by Crippen LogP contribution is -2.30. The summed E-state index contributed by atoms with van der Waals surface area (Å²) in [5.41, 5.74) is 1.09. The van der Waals surface area contributed by atoms with Crippen LogP contribution < -0.4 is 10.6 Å². The molecular formula is C13H22N4O. The van der Waals surface area contributed by atoms with Gasteiger partial charge in [0.15, 0.2) is 0 Å². The van der Waals surface area contributed by atoms with Crippen LogP contribution in [0.5, 0.6) is 0 Å². The van der Waals surface area contributed by atoms with E-state index in [1.165, 1.54) is 12.8 Å². The van der Waals surface area contributed by atoms with Crippen molar-refractivity contribution in [1.29, 1.82) is 0 Å². The first-order chi connectivity index (χ1) is 8.63. The minimum absolute atomic E-state index is 0.0100. The van der Waals surface area contributed by atoms with Crippen molar-refractivity contribution in [2.24, 2.45) is 5.92 Å². The normalized spacial score (nSPS) is 16.7. The summed E-state index contributed by atoms with van der Waals surface area (Å²) >= 11 is 0. The third-order valence-electron chi connectivity index (χ3n) is 3.31. The molecule has 5 nitrogen and oxygen atoms in total. The second-order valence-electron chi connectivity index (χ2n) is 5.20. The molecule has 0 unspecified atom stereocenters. The van der Waals surface area contributed by atoms with Gasteiger partial charge in [0.1, 0.15) is 5.82 Å². The van der Waals surface area contributed by atoms with Crippen molar-refractivity contribution < 1.29 is 5.11 Å². The smallest absolute Gasteiger partial charge is 0.225 e. The van der Waals surface area contributed by atoms with Crippen molar-refractivity contribution in [2.75, 3.05) is 24.3 Å². The second-order valence-corrected chi connectivity index (χ2v) is 5.20. The first kappa shape index (κ1) is 13.1. The van der Waals surface area contributed by atoms with Crippen LogP contribution in [0.15, 0.2) is 6.07 Å². The lowest BCUT2D eigenvalue weighted by Gasteiger charge is -2.20. The molecule has 5 heteroatoms. The quantitative estimate of drug-likeness (QED) is 0.718. The maximum Gasteiger partial charge on any atom is 0.225 e. The van der Waals surface area contributed by atoms with Crippen LogP contribution in [0, 0.1) is 5.92 Å². The summed E-state index contributed by atoms with van der Waals surface area (Å²) in [6.45, 7) is 4.22. The molecule has 1 aliphatic rings. The molecule has 0 saturated heterocycles. The van der Waals surface area contributed by atoms with Gasteiger partial charge >= 0.3 is 0 Å². The maximum absolute atomic E-state index is 9.34. The number of nitrogens with one attached hydrogen (secondary N) is 2. The van der Waals surface area contributed by atoms with Gasteiger partial charge in [-0.3, -0.25) is 0 Å². The van der Waals surface area contributed by atoms with Gasteiger partial charge in [0.05, 0.1) is 18.3 Å². The molecule has 3 N–H and O–H groups in total. The van der Waals surface area contributed by atoms with E-state index in [0.29, 0.717) is 17.8 Å². The molecule has 0 aromatic carbocycles. The summed E-state index contributed by atoms with van der Waals surface area (Å²) in [6, 6.07) is 2.00. The first-order valence-electron chi connectivity index (χ1n) is 6.58. The molecule has 0 aliphatic heterocycles. The van der Waals surface area contributed by atoms with E-state index in [2.05, 4.69) is 34.4 Å². The monoisotopic (exact) mass is 250 g/mol. The Hall–Kier alpha value is -1.36. The average Bonchev–Trinajstić information content (AvgIpc) is 3.19. The number of hydrogen-bond acceptors (Lipinski definition) is 5. The van der Waals surface area contributed by atoms with Gasteiger partial charge in [0.25, 0.3) is 0 Å². The van der Waals surface area contributed by atoms with Crippen LogP contribution >= 0.6 is 0 Å². The highest BCUT2D eigenvalue weighted by Crippen LogP contribution is 2.39. The summed E-state index contributed by atoms with van der Waals surface area (Å²) in [6.07, 6.45) is 2.43. The number of anilines is 2. The van der Waals surface area contributed by atoms with E-state index in [4.69, 9.17) is 0 Å². The van der Waals surface area contributed by atoms with E-state index < -0.39 is 0 Å². The molecule has 1 aromatic rings. The molecule has 1 fully saturated rings. The Morgan fingerprint density at radius 1 is 1.39 bits per heavy atom. The SMILES string of the molecule is CNc1cc(C2CC2)nc(N[C@@H](CO)C(C)C)n1. The van der Waals surface area contributed by atoms with Gasteiger partial charge < -0.3 is 15.7 Å². The molecule has 1 saturated carbocycles. The fourth-order valence-corrected chi connectivity index (χ4v) is 1.84. The average molecular weight is 250 g/mol. The molecule has 0 spiro atoms. The van der Waals surface area contributed by atoms with Crippen LogP contribution in [0.3, 0.4) is 0 Å². The van der Waals surface area contributed by atoms with Crippen molar-refractivity contribution in [3.05, 3.63) is 11.8 Å². The minimum Gasteiger partial charge on any atom is -0.394 e. The summed E-state index contributed by atoms with van der Waals surface area (Å²) in [5, 5.41) is 15.6. The Labute approximate surface area is 108 Å². The Morgan fingerprint density at radius 3 is 2.61 bits per heavy atom. The lowest BCUT2D eigenvalue weighted by atomic mass is 10.1. The van der Waals surface area contributed by atoms with E-state index >= 15 is 0 Å². The van der Waals surface area contributed by atoms with Crippen LogP contribution in [0.25, 0.3) is 0 Å². The predicted octanol–water partition coefficient (Wildman–Crippen LogP) is 1.82. The van der Waals surface area contributed by atoms with E-state index in [1.807, 2.05) is 13.1 Å². The van der Waals surface area contributed by atoms with Crippen LogP contribution in [-0.2, 0) is 0 Å². The highest BCUT2D eigenvalue weighted by atomic mass is 16.3. The van der Waals surface area contributed by atoms with Crippen molar-refractivity contribution in [3.8, 4) is 0 Å². The van der Waals surface area contributed by atoms with Crippen molar-refractivity contribution >= 4 is 11.8 Å². The van der Waals surface area contributed by atoms with Crippen molar-refractivity contribution in [3.63, 3.8) is 0 Å². The molecule has 0 bridgehead atoms. The standard InChI is InChI=1S/C13H22N4O/c1-8(2)11(7-18)16-13-15-10(9-4-5-9)6-12(14-3)17-13/h6,8-9,11,18H,4-5,7H2,1-3H3,(H2,14,15,16,17)/t11-/m0/s1. The predicted molar refractivity (Wildman–Crippen MR) is 72.9 cm³/mol. The number of aromatic nitrogens is 2. The molecule has 1 aliphatic carbocycles. The Kier molecular flexibility index (Phi) is 4.01. The highest BCUT2D eigenvalue weighted by Gasteiger charge is 2.26. The molecule has 0 radical (unpaired) electrons. The topological polar surface area (TPSA) is 70.1 Å². The van der Waals surface area contributed by atoms with Crippen LogP contribution in [0.1, 0.15) is 38.3 Å². The third-order valence-corrected chi connectivity index (χ3v) is 3.31. The van der Waals surface area contributed by atoms with Gasteiger partial charge in [-0.15, -0.1) is 0 Å². The van der Waals surface area contributed by atoms with E-state index in [0.717, 1.165) is 11.5 Å². The van der Waals surface area contributed by atoms with Gasteiger partial charge in [-0.25, -0.2) is 4.98 Å². The molecule has 18 heavy (non-hydrogen) atoms. The molecule has 1 aromatic heterocycles. The van der Waals surface area contributed by atoms with Crippen LogP contribution in [-0.4, -0.2) is 34.8 Å². The number of nitrogens with zero attached hydrogens (tertiary/aromatic N) is 2. The summed E-state index contributed by atoms with van der Waals surface area (Å²) in [5.74, 6) is 2.36. The Balaban J connectivity index is 2.17. The highest BCUT2D eigenvalue weighted by molar-refractivity contribution is 5.44. The zero-order chi connectivity index (χ0) is 13.1. The number of aliphatic hydroxyl groups excluding tert-OH is 1. The number of aliphatic hydroxyl groups is 1. The Bertz CT molecular complexity index is 404. The zero-order valence-corrected chi connectivity index (χ0v) is 11.3. The molecule has 1 heterocycles. The Morgan fingerprint density at radius 2 is 2.11 bits per heavy atom. The van der Waals surface area contributed by atoms with Crippen molar-refractivity contribution in [2.45, 2.75) is 38.6 Å². The molecule has 1 atom stereocenters. The van der Waals surface area contributed by atoms with Crippen molar-refractivity contribution in [1.82, 2.24) is 9.97 Å². The van der Waals surface area contributed by atoms with E-state index in [9.17, 15) is 5.11 Å². The summed E-state index contributed by atoms with van der Waals surface area (Å²) < 4.78 is 0.